The number of carbonyl (C=O) groups is 1. The molecule has 7 heteroatoms. The molecule has 6 nitrogen and oxygen atoms in total. The molecular formula is C9H12N4O2S. The quantitative estimate of drug-likeness (QED) is 0.390. The van der Waals surface area contributed by atoms with Gasteiger partial charge in [-0.2, -0.15) is 0 Å². The molecule has 0 amide bonds. The van der Waals surface area contributed by atoms with Crippen molar-refractivity contribution in [3.63, 3.8) is 0 Å². The van der Waals surface area contributed by atoms with Gasteiger partial charge in [0, 0.05) is 10.6 Å². The third kappa shape index (κ3) is 2.12. The molecule has 16 heavy (non-hydrogen) atoms. The topological polar surface area (TPSA) is 93.6 Å². The van der Waals surface area contributed by atoms with Crippen molar-refractivity contribution in [3.05, 3.63) is 24.3 Å². The van der Waals surface area contributed by atoms with Gasteiger partial charge >= 0.3 is 6.47 Å². The maximum absolute atomic E-state index is 10.3. The smallest absolute Gasteiger partial charge is 0.313 e. The van der Waals surface area contributed by atoms with E-state index in [4.69, 9.17) is 16.3 Å². The van der Waals surface area contributed by atoms with E-state index < -0.39 is 6.29 Å². The summed E-state index contributed by atoms with van der Waals surface area (Å²) < 4.78 is 0. The highest BCUT2D eigenvalue weighted by atomic mass is 32.2. The summed E-state index contributed by atoms with van der Waals surface area (Å²) in [6.45, 7) is 0.304. The Balaban J connectivity index is 2.11. The van der Waals surface area contributed by atoms with E-state index in [1.807, 2.05) is 24.3 Å². The summed E-state index contributed by atoms with van der Waals surface area (Å²) >= 11 is 1.48. The van der Waals surface area contributed by atoms with Crippen molar-refractivity contribution in [1.29, 1.82) is 0 Å². The molecule has 1 aromatic carbocycles. The molecule has 0 spiro atoms. The number of benzene rings is 1. The Morgan fingerprint density at radius 1 is 1.50 bits per heavy atom. The van der Waals surface area contributed by atoms with Crippen LogP contribution in [-0.4, -0.2) is 23.3 Å². The number of hydrogen-bond acceptors (Lipinski definition) is 7. The monoisotopic (exact) mass is 240 g/mol. The summed E-state index contributed by atoms with van der Waals surface area (Å²) in [6.07, 6.45) is -0.871. The number of nitrogens with zero attached hydrogens (tertiary/aromatic N) is 1. The summed E-state index contributed by atoms with van der Waals surface area (Å²) in [5, 5.41) is 4.35. The van der Waals surface area contributed by atoms with Crippen molar-refractivity contribution in [2.45, 2.75) is 16.7 Å². The highest BCUT2D eigenvalue weighted by Gasteiger charge is 2.30. The van der Waals surface area contributed by atoms with E-state index in [-0.39, 0.29) is 5.50 Å². The van der Waals surface area contributed by atoms with Gasteiger partial charge < -0.3 is 21.6 Å². The Bertz CT molecular complexity index is 363. The molecule has 1 atom stereocenters. The molecule has 2 rings (SSSR count). The largest absolute Gasteiger partial charge is 0.365 e. The Morgan fingerprint density at radius 2 is 2.25 bits per heavy atom. The number of thioether (sulfide) groups is 1. The average molecular weight is 240 g/mol. The van der Waals surface area contributed by atoms with Gasteiger partial charge in [0.1, 0.15) is 6.29 Å². The Kier molecular flexibility index (Phi) is 3.30. The number of nitrogens with one attached hydrogen (secondary N) is 1. The minimum Gasteiger partial charge on any atom is -0.365 e. The lowest BCUT2D eigenvalue weighted by Crippen LogP contribution is -2.53. The van der Waals surface area contributed by atoms with Crippen LogP contribution in [0, 0.1) is 0 Å². The summed E-state index contributed by atoms with van der Waals surface area (Å²) in [7, 11) is 0. The molecule has 1 heterocycles. The van der Waals surface area contributed by atoms with E-state index in [1.165, 1.54) is 16.8 Å². The zero-order valence-electron chi connectivity index (χ0n) is 8.37. The molecule has 0 aliphatic carbocycles. The summed E-state index contributed by atoms with van der Waals surface area (Å²) in [4.78, 5) is 16.1. The number of nitrogens with two attached hydrogens (primary N) is 2. The van der Waals surface area contributed by atoms with Crippen LogP contribution in [0.2, 0.25) is 0 Å². The van der Waals surface area contributed by atoms with E-state index in [0.717, 1.165) is 10.6 Å². The van der Waals surface area contributed by atoms with Crippen LogP contribution in [0.3, 0.4) is 0 Å². The van der Waals surface area contributed by atoms with Gasteiger partial charge in [0.2, 0.25) is 0 Å². The van der Waals surface area contributed by atoms with Crippen LogP contribution >= 0.6 is 11.8 Å². The molecule has 1 aromatic rings. The van der Waals surface area contributed by atoms with Crippen molar-refractivity contribution >= 4 is 23.9 Å². The summed E-state index contributed by atoms with van der Waals surface area (Å²) in [6, 6.07) is 7.75. The molecule has 0 bridgehead atoms. The standard InChI is InChI=1S/C9H12N4O2S/c10-8(11)13(15-5-14)9-12-6-3-1-2-4-7(6)16-9/h1-5,8-9,12H,10-11H2. The first-order valence-electron chi connectivity index (χ1n) is 4.64. The normalized spacial score (nSPS) is 18.4. The van der Waals surface area contributed by atoms with Gasteiger partial charge in [-0.25, -0.2) is 0 Å². The van der Waals surface area contributed by atoms with Crippen molar-refractivity contribution in [2.24, 2.45) is 11.5 Å². The number of rotatable bonds is 4. The third-order valence-corrected chi connectivity index (χ3v) is 3.25. The van der Waals surface area contributed by atoms with Gasteiger partial charge in [0.15, 0.2) is 5.50 Å². The second kappa shape index (κ2) is 4.71. The van der Waals surface area contributed by atoms with E-state index >= 15 is 0 Å². The average Bonchev–Trinajstić information content (AvgIpc) is 2.68. The first-order valence-corrected chi connectivity index (χ1v) is 5.52. The van der Waals surface area contributed by atoms with Gasteiger partial charge in [0.25, 0.3) is 0 Å². The van der Waals surface area contributed by atoms with Gasteiger partial charge in [-0.1, -0.05) is 29.0 Å². The second-order valence-electron chi connectivity index (χ2n) is 3.16. The van der Waals surface area contributed by atoms with E-state index in [1.54, 1.807) is 0 Å². The number of hydroxylamine groups is 2. The molecule has 1 aliphatic rings. The maximum atomic E-state index is 10.3. The minimum atomic E-state index is -0.871. The molecule has 0 fully saturated rings. The van der Waals surface area contributed by atoms with Crippen molar-refractivity contribution in [2.75, 3.05) is 5.32 Å². The Hall–Kier alpha value is -1.28. The summed E-state index contributed by atoms with van der Waals surface area (Å²) in [5.74, 6) is 0. The van der Waals surface area contributed by atoms with Gasteiger partial charge in [0.05, 0.1) is 0 Å². The fourth-order valence-electron chi connectivity index (χ4n) is 1.42. The van der Waals surface area contributed by atoms with E-state index in [0.29, 0.717) is 6.47 Å². The number of carbonyl (C=O) groups excluding carboxylic acids is 1. The summed E-state index contributed by atoms with van der Waals surface area (Å²) in [5.41, 5.74) is 11.7. The van der Waals surface area contributed by atoms with E-state index in [2.05, 4.69) is 5.32 Å². The predicted molar refractivity (Wildman–Crippen MR) is 60.9 cm³/mol. The first kappa shape index (κ1) is 11.2. The number of anilines is 1. The zero-order valence-corrected chi connectivity index (χ0v) is 9.18. The lowest BCUT2D eigenvalue weighted by molar-refractivity contribution is -0.186. The van der Waals surface area contributed by atoms with Gasteiger partial charge in [-0.05, 0) is 12.1 Å². The molecule has 0 radical (unpaired) electrons. The van der Waals surface area contributed by atoms with Crippen LogP contribution in [0.4, 0.5) is 5.69 Å². The van der Waals surface area contributed by atoms with Crippen LogP contribution < -0.4 is 16.8 Å². The van der Waals surface area contributed by atoms with Crippen molar-refractivity contribution in [1.82, 2.24) is 5.06 Å². The maximum Gasteiger partial charge on any atom is 0.313 e. The zero-order chi connectivity index (χ0) is 11.5. The molecule has 86 valence electrons. The number of fused-ring (bicyclic) bond motifs is 1. The van der Waals surface area contributed by atoms with Crippen LogP contribution in [-0.2, 0) is 9.63 Å². The van der Waals surface area contributed by atoms with Gasteiger partial charge in [-0.3, -0.25) is 4.79 Å². The molecule has 1 unspecified atom stereocenters. The van der Waals surface area contributed by atoms with Crippen LogP contribution in [0.25, 0.3) is 0 Å². The van der Waals surface area contributed by atoms with Crippen LogP contribution in [0.5, 0.6) is 0 Å². The molecule has 0 saturated heterocycles. The lowest BCUT2D eigenvalue weighted by Gasteiger charge is -2.27. The third-order valence-electron chi connectivity index (χ3n) is 2.09. The van der Waals surface area contributed by atoms with E-state index in [9.17, 15) is 4.79 Å². The minimum absolute atomic E-state index is 0.303. The number of hydrogen-bond donors (Lipinski definition) is 3. The highest BCUT2D eigenvalue weighted by Crippen LogP contribution is 2.39. The molecule has 5 N–H and O–H groups in total. The lowest BCUT2D eigenvalue weighted by atomic mass is 10.3. The van der Waals surface area contributed by atoms with Gasteiger partial charge in [-0.15, -0.1) is 0 Å². The molecule has 1 aliphatic heterocycles. The predicted octanol–water partition coefficient (Wildman–Crippen LogP) is 0.0788. The Morgan fingerprint density at radius 3 is 2.88 bits per heavy atom. The SMILES string of the molecule is NC(N)N(OC=O)C1Nc2ccccc2S1. The van der Waals surface area contributed by atoms with Crippen molar-refractivity contribution in [3.8, 4) is 0 Å². The fourth-order valence-corrected chi connectivity index (χ4v) is 2.55. The highest BCUT2D eigenvalue weighted by molar-refractivity contribution is 8.00. The molecular weight excluding hydrogens is 228 g/mol. The fraction of sp³-hybridized carbons (Fsp3) is 0.222. The Labute approximate surface area is 96.9 Å². The van der Waals surface area contributed by atoms with Crippen LogP contribution in [0.1, 0.15) is 0 Å². The molecule has 0 saturated carbocycles. The van der Waals surface area contributed by atoms with Crippen LogP contribution in [0.15, 0.2) is 29.2 Å². The first-order chi connectivity index (χ1) is 7.72. The second-order valence-corrected chi connectivity index (χ2v) is 4.28. The van der Waals surface area contributed by atoms with Crippen molar-refractivity contribution < 1.29 is 9.63 Å². The molecule has 0 aromatic heterocycles. The number of para-hydroxylation sites is 1.